The zero-order chi connectivity index (χ0) is 18.2. The molecule has 0 aromatic heterocycles. The van der Waals surface area contributed by atoms with Crippen LogP contribution in [-0.2, 0) is 16.2 Å². The van der Waals surface area contributed by atoms with Gasteiger partial charge in [-0.2, -0.15) is 0 Å². The van der Waals surface area contributed by atoms with Gasteiger partial charge in [0.25, 0.3) is 0 Å². The number of nitrogens with two attached hydrogens (primary N) is 1. The van der Waals surface area contributed by atoms with Crippen molar-refractivity contribution >= 4 is 17.6 Å². The molecule has 0 spiro atoms. The third kappa shape index (κ3) is 4.81. The monoisotopic (exact) mass is 342 g/mol. The van der Waals surface area contributed by atoms with Gasteiger partial charge in [-0.05, 0) is 36.9 Å². The maximum Gasteiger partial charge on any atom is 0.308 e. The molecule has 2 aromatic carbocycles. The van der Waals surface area contributed by atoms with Crippen molar-refractivity contribution < 1.29 is 19.4 Å². The number of carboxylic acid groups (broad SMARTS) is 1. The van der Waals surface area contributed by atoms with Gasteiger partial charge in [-0.15, -0.1) is 0 Å². The van der Waals surface area contributed by atoms with Crippen molar-refractivity contribution in [2.45, 2.75) is 13.0 Å². The lowest BCUT2D eigenvalue weighted by Crippen LogP contribution is -2.25. The van der Waals surface area contributed by atoms with Crippen LogP contribution in [0.4, 0.5) is 5.69 Å². The Kier molecular flexibility index (Phi) is 6.54. The normalized spacial score (nSPS) is 16.2. The summed E-state index contributed by atoms with van der Waals surface area (Å²) < 4.78 is 5.70. The predicted octanol–water partition coefficient (Wildman–Crippen LogP) is 2.28. The zero-order valence-corrected chi connectivity index (χ0v) is 14.1. The molecule has 3 N–H and O–H groups in total. The van der Waals surface area contributed by atoms with E-state index in [0.717, 1.165) is 5.56 Å². The summed E-state index contributed by atoms with van der Waals surface area (Å²) in [5, 5.41) is 9.02. The average Bonchev–Trinajstić information content (AvgIpc) is 3.05. The molecule has 1 fully saturated rings. The SMILES string of the molecule is CN.O=C(O)C1CC(=O)N(c2ccc(OCc3ccccc3)cc2)C1. The van der Waals surface area contributed by atoms with Gasteiger partial charge in [0.1, 0.15) is 12.4 Å². The largest absolute Gasteiger partial charge is 0.489 e. The van der Waals surface area contributed by atoms with Gasteiger partial charge in [-0.3, -0.25) is 9.59 Å². The summed E-state index contributed by atoms with van der Waals surface area (Å²) in [6, 6.07) is 17.0. The van der Waals surface area contributed by atoms with Crippen molar-refractivity contribution in [3.05, 3.63) is 60.2 Å². The molecule has 0 bridgehead atoms. The number of rotatable bonds is 5. The Morgan fingerprint density at radius 2 is 1.80 bits per heavy atom. The summed E-state index contributed by atoms with van der Waals surface area (Å²) in [7, 11) is 1.50. The molecule has 3 rings (SSSR count). The van der Waals surface area contributed by atoms with Crippen LogP contribution in [0.3, 0.4) is 0 Å². The summed E-state index contributed by atoms with van der Waals surface area (Å²) in [6.07, 6.45) is 0.0571. The summed E-state index contributed by atoms with van der Waals surface area (Å²) in [6.45, 7) is 0.697. The minimum absolute atomic E-state index is 0.0571. The first-order chi connectivity index (χ1) is 12.1. The van der Waals surface area contributed by atoms with E-state index < -0.39 is 11.9 Å². The zero-order valence-electron chi connectivity index (χ0n) is 14.1. The Morgan fingerprint density at radius 1 is 1.16 bits per heavy atom. The molecular formula is C19H22N2O4. The van der Waals surface area contributed by atoms with Crippen LogP contribution in [0.2, 0.25) is 0 Å². The van der Waals surface area contributed by atoms with Crippen LogP contribution in [0.5, 0.6) is 5.75 Å². The fraction of sp³-hybridized carbons (Fsp3) is 0.263. The van der Waals surface area contributed by atoms with E-state index in [4.69, 9.17) is 9.84 Å². The number of carbonyl (C=O) groups excluding carboxylic acids is 1. The second-order valence-corrected chi connectivity index (χ2v) is 5.51. The summed E-state index contributed by atoms with van der Waals surface area (Å²) in [5.74, 6) is -1.01. The fourth-order valence-electron chi connectivity index (χ4n) is 2.59. The Labute approximate surface area is 146 Å². The predicted molar refractivity (Wildman–Crippen MR) is 95.4 cm³/mol. The van der Waals surface area contributed by atoms with Crippen LogP contribution in [-0.4, -0.2) is 30.6 Å². The van der Waals surface area contributed by atoms with Gasteiger partial charge >= 0.3 is 5.97 Å². The quantitative estimate of drug-likeness (QED) is 0.869. The molecule has 0 saturated carbocycles. The first kappa shape index (κ1) is 18.5. The van der Waals surface area contributed by atoms with Gasteiger partial charge in [-0.25, -0.2) is 0 Å². The van der Waals surface area contributed by atoms with Crippen molar-refractivity contribution in [2.75, 3.05) is 18.5 Å². The second-order valence-electron chi connectivity index (χ2n) is 5.51. The van der Waals surface area contributed by atoms with E-state index >= 15 is 0 Å². The molecule has 1 unspecified atom stereocenters. The Hall–Kier alpha value is -2.86. The van der Waals surface area contributed by atoms with Crippen molar-refractivity contribution in [1.29, 1.82) is 0 Å². The second kappa shape index (κ2) is 8.84. The Balaban J connectivity index is 0.00000109. The molecule has 1 atom stereocenters. The van der Waals surface area contributed by atoms with Gasteiger partial charge in [-0.1, -0.05) is 30.3 Å². The van der Waals surface area contributed by atoms with Crippen LogP contribution in [0.1, 0.15) is 12.0 Å². The van der Waals surface area contributed by atoms with Crippen LogP contribution < -0.4 is 15.4 Å². The highest BCUT2D eigenvalue weighted by Crippen LogP contribution is 2.27. The van der Waals surface area contributed by atoms with Crippen LogP contribution in [0, 0.1) is 5.92 Å². The molecule has 25 heavy (non-hydrogen) atoms. The molecule has 2 aromatic rings. The van der Waals surface area contributed by atoms with Gasteiger partial charge in [0.15, 0.2) is 0 Å². The highest BCUT2D eigenvalue weighted by atomic mass is 16.5. The standard InChI is InChI=1S/C18H17NO4.CH5N/c20-17-10-14(18(21)22)11-19(17)15-6-8-16(9-7-15)23-12-13-4-2-1-3-5-13;1-2/h1-9,14H,10-12H2,(H,21,22);2H2,1H3. The van der Waals surface area contributed by atoms with Crippen molar-refractivity contribution in [2.24, 2.45) is 11.7 Å². The smallest absolute Gasteiger partial charge is 0.308 e. The minimum Gasteiger partial charge on any atom is -0.489 e. The van der Waals surface area contributed by atoms with E-state index in [1.165, 1.54) is 11.9 Å². The lowest BCUT2D eigenvalue weighted by Gasteiger charge is -2.16. The lowest BCUT2D eigenvalue weighted by molar-refractivity contribution is -0.141. The molecule has 0 aliphatic carbocycles. The van der Waals surface area contributed by atoms with Gasteiger partial charge in [0, 0.05) is 18.7 Å². The van der Waals surface area contributed by atoms with Crippen molar-refractivity contribution in [3.63, 3.8) is 0 Å². The number of ether oxygens (including phenoxy) is 1. The summed E-state index contributed by atoms with van der Waals surface area (Å²) in [5.41, 5.74) is 6.28. The molecule has 1 amide bonds. The fourth-order valence-corrected chi connectivity index (χ4v) is 2.59. The molecular weight excluding hydrogens is 320 g/mol. The highest BCUT2D eigenvalue weighted by Gasteiger charge is 2.34. The molecule has 6 nitrogen and oxygen atoms in total. The molecule has 132 valence electrons. The van der Waals surface area contributed by atoms with E-state index in [0.29, 0.717) is 18.0 Å². The van der Waals surface area contributed by atoms with E-state index in [1.807, 2.05) is 30.3 Å². The number of anilines is 1. The maximum atomic E-state index is 11.9. The summed E-state index contributed by atoms with van der Waals surface area (Å²) >= 11 is 0. The third-order valence-corrected chi connectivity index (χ3v) is 3.87. The summed E-state index contributed by atoms with van der Waals surface area (Å²) in [4.78, 5) is 24.4. The van der Waals surface area contributed by atoms with Crippen LogP contribution >= 0.6 is 0 Å². The topological polar surface area (TPSA) is 92.9 Å². The van der Waals surface area contributed by atoms with E-state index in [-0.39, 0.29) is 18.9 Å². The molecule has 1 heterocycles. The number of amides is 1. The average molecular weight is 342 g/mol. The Morgan fingerprint density at radius 3 is 2.36 bits per heavy atom. The number of hydrogen-bond donors (Lipinski definition) is 2. The number of hydrogen-bond acceptors (Lipinski definition) is 4. The minimum atomic E-state index is -0.927. The molecule has 1 aliphatic rings. The van der Waals surface area contributed by atoms with Gasteiger partial charge in [0.2, 0.25) is 5.91 Å². The molecule has 6 heteroatoms. The van der Waals surface area contributed by atoms with Crippen molar-refractivity contribution in [3.8, 4) is 5.75 Å². The van der Waals surface area contributed by atoms with Gasteiger partial charge < -0.3 is 20.5 Å². The number of aliphatic carboxylic acids is 1. The van der Waals surface area contributed by atoms with E-state index in [1.54, 1.807) is 24.3 Å². The number of carbonyl (C=O) groups is 2. The highest BCUT2D eigenvalue weighted by molar-refractivity contribution is 5.99. The van der Waals surface area contributed by atoms with Crippen molar-refractivity contribution in [1.82, 2.24) is 0 Å². The molecule has 1 saturated heterocycles. The van der Waals surface area contributed by atoms with E-state index in [2.05, 4.69) is 5.73 Å². The number of carboxylic acids is 1. The molecule has 0 radical (unpaired) electrons. The molecule has 1 aliphatic heterocycles. The maximum absolute atomic E-state index is 11.9. The first-order valence-electron chi connectivity index (χ1n) is 8.01. The van der Waals surface area contributed by atoms with Crippen LogP contribution in [0.15, 0.2) is 54.6 Å². The number of nitrogens with zero attached hydrogens (tertiary/aromatic N) is 1. The van der Waals surface area contributed by atoms with E-state index in [9.17, 15) is 9.59 Å². The van der Waals surface area contributed by atoms with Crippen LogP contribution in [0.25, 0.3) is 0 Å². The van der Waals surface area contributed by atoms with Gasteiger partial charge in [0.05, 0.1) is 5.92 Å². The lowest BCUT2D eigenvalue weighted by atomic mass is 10.1. The number of benzene rings is 2. The third-order valence-electron chi connectivity index (χ3n) is 3.87. The Bertz CT molecular complexity index is 701. The first-order valence-corrected chi connectivity index (χ1v) is 8.01.